The van der Waals surface area contributed by atoms with Gasteiger partial charge in [0.1, 0.15) is 5.69 Å². The molecule has 0 saturated heterocycles. The number of H-pyrrole nitrogens is 1. The van der Waals surface area contributed by atoms with E-state index in [0.29, 0.717) is 16.4 Å². The van der Waals surface area contributed by atoms with Gasteiger partial charge in [-0.15, -0.1) is 0 Å². The summed E-state index contributed by atoms with van der Waals surface area (Å²) in [5.41, 5.74) is 3.90. The summed E-state index contributed by atoms with van der Waals surface area (Å²) >= 11 is 5.86. The Morgan fingerprint density at radius 2 is 1.77 bits per heavy atom. The Kier molecular flexibility index (Phi) is 3.94. The summed E-state index contributed by atoms with van der Waals surface area (Å²) < 4.78 is 0. The lowest BCUT2D eigenvalue weighted by molar-refractivity contribution is 0.102. The number of carbonyl (C=O) groups excluding carboxylic acids is 1. The molecule has 2 aromatic carbocycles. The van der Waals surface area contributed by atoms with Crippen molar-refractivity contribution in [3.63, 3.8) is 0 Å². The molecule has 1 heterocycles. The van der Waals surface area contributed by atoms with E-state index in [9.17, 15) is 4.79 Å². The van der Waals surface area contributed by atoms with E-state index in [1.165, 1.54) is 0 Å². The lowest BCUT2D eigenvalue weighted by Crippen LogP contribution is -2.12. The highest BCUT2D eigenvalue weighted by atomic mass is 35.5. The van der Waals surface area contributed by atoms with Gasteiger partial charge in [-0.1, -0.05) is 41.4 Å². The van der Waals surface area contributed by atoms with Gasteiger partial charge in [0.05, 0.1) is 5.69 Å². The molecule has 4 nitrogen and oxygen atoms in total. The van der Waals surface area contributed by atoms with Crippen molar-refractivity contribution >= 4 is 23.2 Å². The summed E-state index contributed by atoms with van der Waals surface area (Å²) in [4.78, 5) is 12.2. The summed E-state index contributed by atoms with van der Waals surface area (Å²) in [5.74, 6) is -0.225. The minimum absolute atomic E-state index is 0.225. The van der Waals surface area contributed by atoms with Crippen LogP contribution in [0.3, 0.4) is 0 Å². The Balaban J connectivity index is 1.76. The fraction of sp³-hybridized carbons (Fsp3) is 0.0588. The smallest absolute Gasteiger partial charge is 0.273 e. The zero-order valence-electron chi connectivity index (χ0n) is 11.9. The van der Waals surface area contributed by atoms with Crippen LogP contribution in [0.1, 0.15) is 16.1 Å². The standard InChI is InChI=1S/C17H14ClN3O/c1-11-2-8-14(9-3-11)19-17(22)16-10-15(20-21-16)12-4-6-13(18)7-5-12/h2-10H,1H3,(H,19,22)(H,20,21). The molecule has 0 unspecified atom stereocenters. The molecule has 1 amide bonds. The van der Waals surface area contributed by atoms with Crippen LogP contribution < -0.4 is 5.32 Å². The van der Waals surface area contributed by atoms with Gasteiger partial charge in [0, 0.05) is 16.3 Å². The number of benzene rings is 2. The van der Waals surface area contributed by atoms with E-state index >= 15 is 0 Å². The van der Waals surface area contributed by atoms with Crippen molar-refractivity contribution in [1.82, 2.24) is 10.2 Å². The van der Waals surface area contributed by atoms with Crippen LogP contribution in [0.4, 0.5) is 5.69 Å². The maximum Gasteiger partial charge on any atom is 0.273 e. The summed E-state index contributed by atoms with van der Waals surface area (Å²) in [5, 5.41) is 10.4. The van der Waals surface area contributed by atoms with Gasteiger partial charge in [0.25, 0.3) is 5.91 Å². The van der Waals surface area contributed by atoms with Gasteiger partial charge >= 0.3 is 0 Å². The molecule has 0 radical (unpaired) electrons. The number of hydrogen-bond acceptors (Lipinski definition) is 2. The van der Waals surface area contributed by atoms with Gasteiger partial charge in [-0.2, -0.15) is 5.10 Å². The van der Waals surface area contributed by atoms with E-state index in [1.807, 2.05) is 43.3 Å². The van der Waals surface area contributed by atoms with E-state index in [-0.39, 0.29) is 5.91 Å². The molecule has 5 heteroatoms. The van der Waals surface area contributed by atoms with Crippen molar-refractivity contribution in [1.29, 1.82) is 0 Å². The third kappa shape index (κ3) is 3.18. The third-order valence-electron chi connectivity index (χ3n) is 3.27. The van der Waals surface area contributed by atoms with E-state index in [1.54, 1.807) is 18.2 Å². The number of nitrogens with zero attached hydrogens (tertiary/aromatic N) is 1. The number of rotatable bonds is 3. The number of aromatic amines is 1. The van der Waals surface area contributed by atoms with Crippen LogP contribution in [0.15, 0.2) is 54.6 Å². The van der Waals surface area contributed by atoms with Gasteiger partial charge in [0.2, 0.25) is 0 Å². The molecule has 0 fully saturated rings. The molecule has 0 bridgehead atoms. The highest BCUT2D eigenvalue weighted by molar-refractivity contribution is 6.30. The maximum atomic E-state index is 12.2. The molecule has 0 spiro atoms. The minimum atomic E-state index is -0.225. The molecule has 1 aromatic heterocycles. The van der Waals surface area contributed by atoms with Crippen molar-refractivity contribution < 1.29 is 4.79 Å². The van der Waals surface area contributed by atoms with Crippen molar-refractivity contribution in [2.75, 3.05) is 5.32 Å². The Morgan fingerprint density at radius 3 is 2.45 bits per heavy atom. The van der Waals surface area contributed by atoms with Gasteiger partial charge < -0.3 is 5.32 Å². The highest BCUT2D eigenvalue weighted by Gasteiger charge is 2.11. The number of anilines is 1. The molecular formula is C17H14ClN3O. The first-order valence-electron chi connectivity index (χ1n) is 6.81. The summed E-state index contributed by atoms with van der Waals surface area (Å²) in [6.07, 6.45) is 0. The fourth-order valence-electron chi connectivity index (χ4n) is 2.04. The predicted molar refractivity (Wildman–Crippen MR) is 88.2 cm³/mol. The predicted octanol–water partition coefficient (Wildman–Crippen LogP) is 4.29. The molecular weight excluding hydrogens is 298 g/mol. The number of carbonyl (C=O) groups is 1. The Labute approximate surface area is 133 Å². The van der Waals surface area contributed by atoms with E-state index in [0.717, 1.165) is 16.8 Å². The Morgan fingerprint density at radius 1 is 1.09 bits per heavy atom. The van der Waals surface area contributed by atoms with Crippen LogP contribution in [0.2, 0.25) is 5.02 Å². The van der Waals surface area contributed by atoms with Crippen LogP contribution in [0, 0.1) is 6.92 Å². The lowest BCUT2D eigenvalue weighted by Gasteiger charge is -2.03. The average molecular weight is 312 g/mol. The molecule has 2 N–H and O–H groups in total. The van der Waals surface area contributed by atoms with Gasteiger partial charge in [-0.05, 0) is 37.3 Å². The van der Waals surface area contributed by atoms with Gasteiger partial charge in [0.15, 0.2) is 0 Å². The number of nitrogens with one attached hydrogen (secondary N) is 2. The van der Waals surface area contributed by atoms with Crippen LogP contribution in [-0.2, 0) is 0 Å². The topological polar surface area (TPSA) is 57.8 Å². The summed E-state index contributed by atoms with van der Waals surface area (Å²) in [7, 11) is 0. The largest absolute Gasteiger partial charge is 0.321 e. The molecule has 0 aliphatic rings. The van der Waals surface area contributed by atoms with Gasteiger partial charge in [-0.25, -0.2) is 0 Å². The molecule has 0 saturated carbocycles. The van der Waals surface area contributed by atoms with E-state index < -0.39 is 0 Å². The fourth-order valence-corrected chi connectivity index (χ4v) is 2.17. The number of hydrogen-bond donors (Lipinski definition) is 2. The van der Waals surface area contributed by atoms with Crippen molar-refractivity contribution in [3.8, 4) is 11.3 Å². The highest BCUT2D eigenvalue weighted by Crippen LogP contribution is 2.20. The second-order valence-electron chi connectivity index (χ2n) is 4.99. The first-order valence-corrected chi connectivity index (χ1v) is 7.19. The molecule has 0 aliphatic carbocycles. The van der Waals surface area contributed by atoms with E-state index in [2.05, 4.69) is 15.5 Å². The van der Waals surface area contributed by atoms with Gasteiger partial charge in [-0.3, -0.25) is 9.89 Å². The Bertz CT molecular complexity index is 792. The number of halogens is 1. The quantitative estimate of drug-likeness (QED) is 0.758. The molecule has 3 aromatic rings. The average Bonchev–Trinajstić information content (AvgIpc) is 3.00. The molecule has 0 aliphatic heterocycles. The van der Waals surface area contributed by atoms with Crippen molar-refractivity contribution in [3.05, 3.63) is 70.9 Å². The van der Waals surface area contributed by atoms with Crippen LogP contribution in [0.5, 0.6) is 0 Å². The van der Waals surface area contributed by atoms with Crippen molar-refractivity contribution in [2.45, 2.75) is 6.92 Å². The second kappa shape index (κ2) is 6.03. The van der Waals surface area contributed by atoms with Crippen molar-refractivity contribution in [2.24, 2.45) is 0 Å². The Hall–Kier alpha value is -2.59. The molecule has 22 heavy (non-hydrogen) atoms. The molecule has 110 valence electrons. The number of aryl methyl sites for hydroxylation is 1. The number of amides is 1. The third-order valence-corrected chi connectivity index (χ3v) is 3.52. The zero-order valence-corrected chi connectivity index (χ0v) is 12.7. The minimum Gasteiger partial charge on any atom is -0.321 e. The van der Waals surface area contributed by atoms with Crippen LogP contribution in [0.25, 0.3) is 11.3 Å². The SMILES string of the molecule is Cc1ccc(NC(=O)c2cc(-c3ccc(Cl)cc3)n[nH]2)cc1. The molecule has 3 rings (SSSR count). The maximum absolute atomic E-state index is 12.2. The summed E-state index contributed by atoms with van der Waals surface area (Å²) in [6, 6.07) is 16.6. The second-order valence-corrected chi connectivity index (χ2v) is 5.43. The monoisotopic (exact) mass is 311 g/mol. The normalized spacial score (nSPS) is 10.5. The summed E-state index contributed by atoms with van der Waals surface area (Å²) in [6.45, 7) is 2.00. The first-order chi connectivity index (χ1) is 10.6. The molecule has 0 atom stereocenters. The van der Waals surface area contributed by atoms with Crippen LogP contribution >= 0.6 is 11.6 Å². The lowest BCUT2D eigenvalue weighted by atomic mass is 10.1. The van der Waals surface area contributed by atoms with E-state index in [4.69, 9.17) is 11.6 Å². The van der Waals surface area contributed by atoms with Crippen LogP contribution in [-0.4, -0.2) is 16.1 Å². The first kappa shape index (κ1) is 14.4. The zero-order chi connectivity index (χ0) is 15.5. The number of aromatic nitrogens is 2.